The fourth-order valence-electron chi connectivity index (χ4n) is 0.348. The van der Waals surface area contributed by atoms with E-state index in [2.05, 4.69) is 0 Å². The zero-order valence-electron chi connectivity index (χ0n) is 6.44. The summed E-state index contributed by atoms with van der Waals surface area (Å²) in [5.74, 6) is 0.304. The number of halogens is 3. The molecule has 0 amide bonds. The minimum atomic E-state index is -4.71. The van der Waals surface area contributed by atoms with Crippen molar-refractivity contribution >= 4 is 6.98 Å². The Morgan fingerprint density at radius 1 is 1.20 bits per heavy atom. The van der Waals surface area contributed by atoms with Crippen LogP contribution in [0.1, 0.15) is 13.8 Å². The van der Waals surface area contributed by atoms with E-state index in [-0.39, 0.29) is 57.3 Å². The van der Waals surface area contributed by atoms with Gasteiger partial charge in [0.15, 0.2) is 0 Å². The van der Waals surface area contributed by atoms with Gasteiger partial charge in [-0.2, -0.15) is 0 Å². The summed E-state index contributed by atoms with van der Waals surface area (Å²) in [6, 6.07) is 0. The third kappa shape index (κ3) is 12.0. The molecule has 0 radical (unpaired) electrons. The Labute approximate surface area is 102 Å². The Kier molecular flexibility index (Phi) is 8.04. The van der Waals surface area contributed by atoms with E-state index in [1.165, 1.54) is 0 Å². The van der Waals surface area contributed by atoms with Crippen molar-refractivity contribution in [2.75, 3.05) is 0 Å². The van der Waals surface area contributed by atoms with E-state index in [0.717, 1.165) is 6.08 Å². The molecule has 0 saturated carbocycles. The molecule has 0 spiro atoms. The van der Waals surface area contributed by atoms with Crippen molar-refractivity contribution in [2.45, 2.75) is 13.8 Å². The zero-order valence-corrected chi connectivity index (χ0v) is 9.57. The van der Waals surface area contributed by atoms with E-state index < -0.39 is 6.98 Å². The van der Waals surface area contributed by atoms with E-state index in [9.17, 15) is 12.9 Å². The van der Waals surface area contributed by atoms with E-state index in [1.807, 2.05) is 0 Å². The summed E-state index contributed by atoms with van der Waals surface area (Å²) >= 11 is 0. The number of hydrogen-bond donors (Lipinski definition) is 0. The van der Waals surface area contributed by atoms with Crippen LogP contribution in [0.25, 0.3) is 0 Å². The van der Waals surface area contributed by atoms with Gasteiger partial charge in [-0.1, -0.05) is 13.8 Å². The molecule has 5 heteroatoms. The van der Waals surface area contributed by atoms with Crippen molar-refractivity contribution in [3.8, 4) is 0 Å². The molecule has 0 nitrogen and oxygen atoms in total. The molecule has 0 bridgehead atoms. The van der Waals surface area contributed by atoms with Gasteiger partial charge in [-0.25, -0.2) is 0 Å². The van der Waals surface area contributed by atoms with Crippen molar-refractivity contribution in [2.24, 2.45) is 5.92 Å². The number of rotatable bonds is 2. The fourth-order valence-corrected chi connectivity index (χ4v) is 0.348. The Bertz CT molecular complexity index is 108. The fraction of sp³-hybridized carbons (Fsp3) is 0.600. The van der Waals surface area contributed by atoms with E-state index >= 15 is 0 Å². The molecule has 0 aromatic heterocycles. The maximum atomic E-state index is 11.4. The van der Waals surface area contributed by atoms with Gasteiger partial charge in [0.2, 0.25) is 0 Å². The summed E-state index contributed by atoms with van der Waals surface area (Å²) in [4.78, 5) is 0. The van der Waals surface area contributed by atoms with Crippen LogP contribution in [0, 0.1) is 5.92 Å². The maximum absolute atomic E-state index is 11.4. The van der Waals surface area contributed by atoms with Gasteiger partial charge in [0, 0.05) is 0 Å². The molecule has 0 saturated heterocycles. The third-order valence-corrected chi connectivity index (χ3v) is 0.714. The molecular formula is C5H9BF3K. The van der Waals surface area contributed by atoms with Crippen molar-refractivity contribution in [3.05, 3.63) is 12.1 Å². The average Bonchev–Trinajstić information content (AvgIpc) is 1.59. The molecule has 0 aliphatic rings. The SMILES string of the molecule is CC(C)/C=C/[B-](F)(F)F.[K+]. The van der Waals surface area contributed by atoms with Crippen LogP contribution >= 0.6 is 0 Å². The number of allylic oxidation sites excluding steroid dienone is 1. The van der Waals surface area contributed by atoms with Crippen LogP contribution in [-0.4, -0.2) is 6.98 Å². The molecule has 0 aromatic rings. The van der Waals surface area contributed by atoms with Crippen molar-refractivity contribution < 1.29 is 64.3 Å². The third-order valence-electron chi connectivity index (χ3n) is 0.714. The predicted molar refractivity (Wildman–Crippen MR) is 33.1 cm³/mol. The molecule has 0 atom stereocenters. The van der Waals surface area contributed by atoms with Gasteiger partial charge in [-0.05, 0) is 5.92 Å². The molecule has 0 aromatic carbocycles. The minimum Gasteiger partial charge on any atom is -0.445 e. The van der Waals surface area contributed by atoms with E-state index in [1.54, 1.807) is 13.8 Å². The molecule has 0 aliphatic carbocycles. The first-order valence-corrected chi connectivity index (χ1v) is 2.81. The Morgan fingerprint density at radius 2 is 1.60 bits per heavy atom. The van der Waals surface area contributed by atoms with Crippen molar-refractivity contribution in [1.82, 2.24) is 0 Å². The van der Waals surface area contributed by atoms with Gasteiger partial charge in [0.25, 0.3) is 0 Å². The van der Waals surface area contributed by atoms with Gasteiger partial charge in [-0.3, -0.25) is 0 Å². The van der Waals surface area contributed by atoms with Crippen LogP contribution in [0.5, 0.6) is 0 Å². The van der Waals surface area contributed by atoms with Crippen LogP contribution in [0.2, 0.25) is 0 Å². The molecule has 0 rings (SSSR count). The van der Waals surface area contributed by atoms with Crippen molar-refractivity contribution in [3.63, 3.8) is 0 Å². The first-order valence-electron chi connectivity index (χ1n) is 2.81. The topological polar surface area (TPSA) is 0 Å². The smallest absolute Gasteiger partial charge is 0.445 e. The van der Waals surface area contributed by atoms with Gasteiger partial charge in [0.1, 0.15) is 0 Å². The monoisotopic (exact) mass is 176 g/mol. The molecule has 0 heterocycles. The van der Waals surface area contributed by atoms with E-state index in [0.29, 0.717) is 5.98 Å². The molecule has 54 valence electrons. The quantitative estimate of drug-likeness (QED) is 0.501. The summed E-state index contributed by atoms with van der Waals surface area (Å²) < 4.78 is 34.2. The molecule has 0 N–H and O–H groups in total. The summed E-state index contributed by atoms with van der Waals surface area (Å²) in [6.07, 6.45) is 1.15. The van der Waals surface area contributed by atoms with Crippen LogP contribution in [0.3, 0.4) is 0 Å². The zero-order chi connectivity index (χ0) is 7.49. The van der Waals surface area contributed by atoms with Crippen LogP contribution in [0.15, 0.2) is 12.1 Å². The second-order valence-electron chi connectivity index (χ2n) is 2.25. The summed E-state index contributed by atoms with van der Waals surface area (Å²) in [5.41, 5.74) is 0. The molecule has 0 aliphatic heterocycles. The van der Waals surface area contributed by atoms with E-state index in [4.69, 9.17) is 0 Å². The van der Waals surface area contributed by atoms with Crippen LogP contribution in [-0.2, 0) is 0 Å². The van der Waals surface area contributed by atoms with Crippen molar-refractivity contribution in [1.29, 1.82) is 0 Å². The second-order valence-corrected chi connectivity index (χ2v) is 2.25. The summed E-state index contributed by atoms with van der Waals surface area (Å²) in [7, 11) is 0. The molecule has 10 heavy (non-hydrogen) atoms. The average molecular weight is 176 g/mol. The van der Waals surface area contributed by atoms with Crippen LogP contribution in [0.4, 0.5) is 12.9 Å². The van der Waals surface area contributed by atoms with Gasteiger partial charge in [0.05, 0.1) is 0 Å². The Balaban J connectivity index is 0. The molecule has 0 unspecified atom stereocenters. The predicted octanol–water partition coefficient (Wildman–Crippen LogP) is -0.411. The van der Waals surface area contributed by atoms with Gasteiger partial charge < -0.3 is 12.9 Å². The largest absolute Gasteiger partial charge is 1.00 e. The van der Waals surface area contributed by atoms with Crippen LogP contribution < -0.4 is 51.4 Å². The normalized spacial score (nSPS) is 12.2. The Morgan fingerprint density at radius 3 is 1.70 bits per heavy atom. The molecule has 0 fully saturated rings. The molecular weight excluding hydrogens is 167 g/mol. The number of hydrogen-bond acceptors (Lipinski definition) is 0. The summed E-state index contributed by atoms with van der Waals surface area (Å²) in [5, 5.41) is 0. The minimum absolute atomic E-state index is 0. The van der Waals surface area contributed by atoms with Gasteiger partial charge in [-0.15, -0.1) is 12.1 Å². The Hall–Kier alpha value is 1.23. The second kappa shape index (κ2) is 5.83. The first kappa shape index (κ1) is 13.8. The van der Waals surface area contributed by atoms with Gasteiger partial charge >= 0.3 is 58.4 Å². The standard InChI is InChI=1S/C5H9BF3.K/c1-5(2)3-4-6(7,8)9;/h3-5H,1-2H3;/q-1;+1/b4-3+;. The maximum Gasteiger partial charge on any atom is 1.00 e. The first-order chi connectivity index (χ1) is 3.92. The summed E-state index contributed by atoms with van der Waals surface area (Å²) in [6.45, 7) is -1.30.